The lowest BCUT2D eigenvalue weighted by atomic mass is 10.1. The Bertz CT molecular complexity index is 1990. The summed E-state index contributed by atoms with van der Waals surface area (Å²) in [5, 5.41) is 11.1. The van der Waals surface area contributed by atoms with E-state index in [0.717, 1.165) is 38.8 Å². The molecule has 0 aliphatic carbocycles. The van der Waals surface area contributed by atoms with E-state index in [-0.39, 0.29) is 11.8 Å². The second kappa shape index (κ2) is 12.6. The van der Waals surface area contributed by atoms with Crippen LogP contribution in [0.3, 0.4) is 0 Å². The molecular weight excluding hydrogens is 550 g/mol. The highest BCUT2D eigenvalue weighted by molar-refractivity contribution is 6.06. The molecule has 0 spiro atoms. The molecule has 6 rings (SSSR count). The summed E-state index contributed by atoms with van der Waals surface area (Å²) in [6, 6.07) is 30.2. The lowest BCUT2D eigenvalue weighted by molar-refractivity contribution is -0.111. The van der Waals surface area contributed by atoms with E-state index in [1.807, 2.05) is 91.9 Å². The fourth-order valence-corrected chi connectivity index (χ4v) is 4.87. The van der Waals surface area contributed by atoms with Gasteiger partial charge in [0.25, 0.3) is 5.91 Å². The van der Waals surface area contributed by atoms with Gasteiger partial charge in [0, 0.05) is 63.3 Å². The van der Waals surface area contributed by atoms with Crippen LogP contribution in [-0.4, -0.2) is 52.3 Å². The Morgan fingerprint density at radius 3 is 2.36 bits per heavy atom. The van der Waals surface area contributed by atoms with Crippen molar-refractivity contribution in [2.24, 2.45) is 0 Å². The first kappa shape index (κ1) is 28.3. The predicted molar refractivity (Wildman–Crippen MR) is 177 cm³/mol. The number of hydrogen-bond donors (Lipinski definition) is 4. The third-order valence-electron chi connectivity index (χ3n) is 6.98. The maximum absolute atomic E-state index is 13.0. The number of carbonyl (C=O) groups is 2. The van der Waals surface area contributed by atoms with Crippen molar-refractivity contribution in [3.63, 3.8) is 0 Å². The van der Waals surface area contributed by atoms with E-state index in [0.29, 0.717) is 29.4 Å². The van der Waals surface area contributed by atoms with Gasteiger partial charge in [0.2, 0.25) is 11.9 Å². The number of amides is 2. The first-order chi connectivity index (χ1) is 21.4. The van der Waals surface area contributed by atoms with Crippen molar-refractivity contribution in [3.05, 3.63) is 121 Å². The number of nitrogens with one attached hydrogen (secondary N) is 4. The molecule has 4 N–H and O–H groups in total. The molecule has 0 unspecified atom stereocenters. The zero-order valence-electron chi connectivity index (χ0n) is 24.3. The second-order valence-electron chi connectivity index (χ2n) is 10.6. The number of likely N-dealkylation sites (N-methyl/N-ethyl adjacent to an activating group) is 1. The maximum Gasteiger partial charge on any atom is 0.255 e. The van der Waals surface area contributed by atoms with Crippen molar-refractivity contribution in [1.29, 1.82) is 0 Å². The van der Waals surface area contributed by atoms with Gasteiger partial charge in [-0.15, -0.1) is 0 Å². The summed E-state index contributed by atoms with van der Waals surface area (Å²) in [6.45, 7) is 0.671. The van der Waals surface area contributed by atoms with Crippen molar-refractivity contribution >= 4 is 56.6 Å². The monoisotopic (exact) mass is 581 g/mol. The number of nitrogens with zero attached hydrogens (tertiary/aromatic N) is 3. The fourth-order valence-electron chi connectivity index (χ4n) is 4.87. The summed E-state index contributed by atoms with van der Waals surface area (Å²) < 4.78 is 0. The van der Waals surface area contributed by atoms with Gasteiger partial charge in [0.1, 0.15) is 0 Å². The molecule has 0 aliphatic rings. The number of aromatic amines is 1. The van der Waals surface area contributed by atoms with Gasteiger partial charge in [-0.2, -0.15) is 0 Å². The number of fused-ring (bicyclic) bond motifs is 2. The van der Waals surface area contributed by atoms with Crippen molar-refractivity contribution in [2.75, 3.05) is 36.6 Å². The van der Waals surface area contributed by atoms with Crippen LogP contribution in [0.1, 0.15) is 10.4 Å². The Balaban J connectivity index is 1.17. The highest BCUT2D eigenvalue weighted by Crippen LogP contribution is 2.33. The van der Waals surface area contributed by atoms with E-state index in [9.17, 15) is 9.59 Å². The molecule has 218 valence electrons. The first-order valence-corrected chi connectivity index (χ1v) is 14.2. The van der Waals surface area contributed by atoms with E-state index >= 15 is 0 Å². The number of hydrogen-bond acceptors (Lipinski definition) is 6. The van der Waals surface area contributed by atoms with E-state index in [4.69, 9.17) is 9.97 Å². The Kier molecular flexibility index (Phi) is 8.11. The summed E-state index contributed by atoms with van der Waals surface area (Å²) in [5.74, 6) is -0.0477. The molecule has 0 atom stereocenters. The minimum absolute atomic E-state index is 0.225. The van der Waals surface area contributed by atoms with Crippen LogP contribution in [0.25, 0.3) is 33.1 Å². The molecule has 0 fully saturated rings. The van der Waals surface area contributed by atoms with Crippen molar-refractivity contribution in [2.45, 2.75) is 0 Å². The number of benzene rings is 4. The summed E-state index contributed by atoms with van der Waals surface area (Å²) in [4.78, 5) is 40.1. The van der Waals surface area contributed by atoms with Gasteiger partial charge in [-0.3, -0.25) is 9.59 Å². The molecule has 2 amide bonds. The van der Waals surface area contributed by atoms with E-state index in [1.54, 1.807) is 30.3 Å². The van der Waals surface area contributed by atoms with Gasteiger partial charge in [-0.1, -0.05) is 48.5 Å². The van der Waals surface area contributed by atoms with Crippen LogP contribution in [0, 0.1) is 0 Å². The zero-order chi connectivity index (χ0) is 30.5. The minimum Gasteiger partial charge on any atom is -0.360 e. The van der Waals surface area contributed by atoms with Crippen LogP contribution in [-0.2, 0) is 4.79 Å². The first-order valence-electron chi connectivity index (χ1n) is 14.2. The average molecular weight is 582 g/mol. The predicted octanol–water partition coefficient (Wildman–Crippen LogP) is 6.83. The minimum atomic E-state index is -0.269. The van der Waals surface area contributed by atoms with Gasteiger partial charge in [-0.05, 0) is 68.7 Å². The Labute approximate surface area is 254 Å². The third-order valence-corrected chi connectivity index (χ3v) is 6.98. The number of carbonyl (C=O) groups excluding carboxylic acids is 2. The van der Waals surface area contributed by atoms with Gasteiger partial charge >= 0.3 is 0 Å². The van der Waals surface area contributed by atoms with E-state index < -0.39 is 0 Å². The lowest BCUT2D eigenvalue weighted by Gasteiger charge is -2.12. The molecular formula is C35H31N7O2. The molecule has 9 nitrogen and oxygen atoms in total. The number of anilines is 4. The Hall–Kier alpha value is -5.80. The smallest absolute Gasteiger partial charge is 0.255 e. The average Bonchev–Trinajstić information content (AvgIpc) is 3.45. The second-order valence-corrected chi connectivity index (χ2v) is 10.6. The van der Waals surface area contributed by atoms with E-state index in [1.165, 1.54) is 6.08 Å². The zero-order valence-corrected chi connectivity index (χ0v) is 24.3. The van der Waals surface area contributed by atoms with Crippen LogP contribution in [0.15, 0.2) is 115 Å². The normalized spacial score (nSPS) is 11.3. The number of H-pyrrole nitrogens is 1. The largest absolute Gasteiger partial charge is 0.360 e. The molecule has 2 aromatic heterocycles. The van der Waals surface area contributed by atoms with Crippen LogP contribution < -0.4 is 16.0 Å². The van der Waals surface area contributed by atoms with Gasteiger partial charge in [0.05, 0.1) is 11.2 Å². The molecule has 0 aliphatic heterocycles. The highest BCUT2D eigenvalue weighted by Gasteiger charge is 2.14. The van der Waals surface area contributed by atoms with Gasteiger partial charge in [0.15, 0.2) is 0 Å². The molecule has 4 aromatic carbocycles. The molecule has 0 saturated heterocycles. The molecule has 6 aromatic rings. The highest BCUT2D eigenvalue weighted by atomic mass is 16.2. The van der Waals surface area contributed by atoms with Crippen LogP contribution in [0.4, 0.5) is 23.0 Å². The van der Waals surface area contributed by atoms with Crippen LogP contribution in [0.2, 0.25) is 0 Å². The van der Waals surface area contributed by atoms with Crippen molar-refractivity contribution in [1.82, 2.24) is 19.9 Å². The molecule has 0 saturated carbocycles. The van der Waals surface area contributed by atoms with Crippen LogP contribution in [0.5, 0.6) is 0 Å². The summed E-state index contributed by atoms with van der Waals surface area (Å²) in [7, 11) is 3.86. The Morgan fingerprint density at radius 2 is 1.55 bits per heavy atom. The number of para-hydroxylation sites is 2. The Morgan fingerprint density at radius 1 is 0.795 bits per heavy atom. The topological polar surface area (TPSA) is 115 Å². The van der Waals surface area contributed by atoms with Crippen LogP contribution >= 0.6 is 0 Å². The molecule has 2 heterocycles. The van der Waals surface area contributed by atoms with Crippen molar-refractivity contribution in [3.8, 4) is 11.3 Å². The van der Waals surface area contributed by atoms with Gasteiger partial charge < -0.3 is 25.8 Å². The summed E-state index contributed by atoms with van der Waals surface area (Å²) in [5.41, 5.74) is 6.08. The SMILES string of the molecule is CN(C)CC=CC(=O)Nc1ccc(C(=O)Nc2cccc(Nc3nc(-c4c[nH]c5ccccc45)c4ccccc4n3)c2)cc1. The molecule has 44 heavy (non-hydrogen) atoms. The van der Waals surface area contributed by atoms with E-state index in [2.05, 4.69) is 27.0 Å². The number of rotatable bonds is 9. The maximum atomic E-state index is 13.0. The molecule has 0 bridgehead atoms. The van der Waals surface area contributed by atoms with Crippen molar-refractivity contribution < 1.29 is 9.59 Å². The quantitative estimate of drug-likeness (QED) is 0.139. The standard InChI is InChI=1S/C35H31N7O2/c1-42(2)20-8-15-32(43)37-24-18-16-23(17-19-24)34(44)38-25-9-7-10-26(21-25)39-35-40-31-14-6-4-12-28(31)33(41-35)29-22-36-30-13-5-3-11-27(29)30/h3-19,21-22,36H,20H2,1-2H3,(H,37,43)(H,38,44)(H,39,40,41). The summed E-state index contributed by atoms with van der Waals surface area (Å²) in [6.07, 6.45) is 5.26. The lowest BCUT2D eigenvalue weighted by Crippen LogP contribution is -2.13. The number of aromatic nitrogens is 3. The fraction of sp³-hybridized carbons (Fsp3) is 0.0857. The van der Waals surface area contributed by atoms with Gasteiger partial charge in [-0.25, -0.2) is 9.97 Å². The summed E-state index contributed by atoms with van der Waals surface area (Å²) >= 11 is 0. The molecule has 9 heteroatoms. The molecule has 0 radical (unpaired) electrons. The third kappa shape index (κ3) is 6.48.